The summed E-state index contributed by atoms with van der Waals surface area (Å²) in [6.07, 6.45) is 2.43. The van der Waals surface area contributed by atoms with Crippen LogP contribution in [0.2, 0.25) is 0 Å². The molecule has 0 saturated carbocycles. The summed E-state index contributed by atoms with van der Waals surface area (Å²) in [5.41, 5.74) is 13.3. The number of nitrogen functional groups attached to an aromatic ring is 1. The third-order valence-electron chi connectivity index (χ3n) is 5.02. The van der Waals surface area contributed by atoms with Gasteiger partial charge >= 0.3 is 0 Å². The number of nitrogens with two attached hydrogens (primary N) is 2. The number of amides is 1. The van der Waals surface area contributed by atoms with Crippen molar-refractivity contribution in [2.24, 2.45) is 5.73 Å². The molecule has 2 atom stereocenters. The van der Waals surface area contributed by atoms with Gasteiger partial charge in [0.1, 0.15) is 24.4 Å². The number of nitrogens with zero attached hydrogens (tertiary/aromatic N) is 3. The Morgan fingerprint density at radius 2 is 1.84 bits per heavy atom. The van der Waals surface area contributed by atoms with Gasteiger partial charge < -0.3 is 16.8 Å². The molecular formula is C22H24F2N6O2. The van der Waals surface area contributed by atoms with Crippen LogP contribution in [0.5, 0.6) is 0 Å². The van der Waals surface area contributed by atoms with Gasteiger partial charge in [0.25, 0.3) is 11.5 Å². The van der Waals surface area contributed by atoms with Crippen molar-refractivity contribution in [2.75, 3.05) is 17.7 Å². The highest BCUT2D eigenvalue weighted by molar-refractivity contribution is 6.06. The van der Waals surface area contributed by atoms with Gasteiger partial charge in [-0.2, -0.15) is 0 Å². The number of aryl methyl sites for hydroxylation is 2. The molecule has 10 heteroatoms. The number of benzene rings is 1. The van der Waals surface area contributed by atoms with E-state index >= 15 is 0 Å². The van der Waals surface area contributed by atoms with E-state index in [1.807, 2.05) is 0 Å². The maximum absolute atomic E-state index is 13.8. The number of rotatable bonds is 6. The van der Waals surface area contributed by atoms with Gasteiger partial charge in [0, 0.05) is 12.2 Å². The molecule has 0 aliphatic rings. The minimum Gasteiger partial charge on any atom is -0.383 e. The summed E-state index contributed by atoms with van der Waals surface area (Å²) in [7, 11) is 0. The van der Waals surface area contributed by atoms with Crippen molar-refractivity contribution >= 4 is 17.4 Å². The van der Waals surface area contributed by atoms with Crippen molar-refractivity contribution in [1.82, 2.24) is 14.5 Å². The number of halogens is 2. The number of carbonyl (C=O) groups excluding carboxylic acids is 1. The van der Waals surface area contributed by atoms with Gasteiger partial charge in [-0.1, -0.05) is 12.1 Å². The fourth-order valence-corrected chi connectivity index (χ4v) is 3.45. The summed E-state index contributed by atoms with van der Waals surface area (Å²) in [6.45, 7) is 3.94. The Labute approximate surface area is 183 Å². The highest BCUT2D eigenvalue weighted by atomic mass is 19.2. The Morgan fingerprint density at radius 3 is 2.44 bits per heavy atom. The molecule has 1 amide bonds. The van der Waals surface area contributed by atoms with E-state index in [0.717, 1.165) is 0 Å². The number of hydrogen-bond acceptors (Lipinski definition) is 6. The van der Waals surface area contributed by atoms with Crippen LogP contribution in [-0.2, 0) is 0 Å². The van der Waals surface area contributed by atoms with Crippen LogP contribution in [0.3, 0.4) is 0 Å². The molecular weight excluding hydrogens is 418 g/mol. The first kappa shape index (κ1) is 23.0. The van der Waals surface area contributed by atoms with Crippen molar-refractivity contribution in [3.63, 3.8) is 0 Å². The van der Waals surface area contributed by atoms with Crippen LogP contribution in [0.1, 0.15) is 51.7 Å². The lowest BCUT2D eigenvalue weighted by Gasteiger charge is -2.17. The zero-order valence-electron chi connectivity index (χ0n) is 17.9. The molecule has 0 radical (unpaired) electrons. The molecule has 3 rings (SSSR count). The molecule has 0 bridgehead atoms. The van der Waals surface area contributed by atoms with Gasteiger partial charge in [-0.25, -0.2) is 13.8 Å². The molecule has 2 heterocycles. The highest BCUT2D eigenvalue weighted by Crippen LogP contribution is 2.26. The Balaban J connectivity index is 2.04. The number of alkyl halides is 2. The fourth-order valence-electron chi connectivity index (χ4n) is 3.45. The molecule has 3 aromatic rings. The number of nitrogens with one attached hydrogen (secondary N) is 1. The number of pyridine rings is 1. The third kappa shape index (κ3) is 4.50. The average molecular weight is 442 g/mol. The van der Waals surface area contributed by atoms with Crippen molar-refractivity contribution in [3.8, 4) is 5.69 Å². The fraction of sp³-hybridized carbons (Fsp3) is 0.273. The maximum atomic E-state index is 13.8. The molecule has 5 N–H and O–H groups in total. The lowest BCUT2D eigenvalue weighted by molar-refractivity contribution is 0.102. The van der Waals surface area contributed by atoms with E-state index in [9.17, 15) is 18.4 Å². The second-order valence-corrected chi connectivity index (χ2v) is 7.55. The topological polar surface area (TPSA) is 129 Å². The molecule has 0 aliphatic heterocycles. The highest BCUT2D eigenvalue weighted by Gasteiger charge is 2.21. The van der Waals surface area contributed by atoms with E-state index in [1.165, 1.54) is 29.2 Å². The molecule has 0 fully saturated rings. The monoisotopic (exact) mass is 442 g/mol. The van der Waals surface area contributed by atoms with Crippen LogP contribution < -0.4 is 22.3 Å². The average Bonchev–Trinajstić information content (AvgIpc) is 2.74. The number of hydrogen-bond donors (Lipinski definition) is 3. The molecule has 0 aliphatic carbocycles. The Morgan fingerprint density at radius 1 is 1.19 bits per heavy atom. The minimum absolute atomic E-state index is 0.169. The van der Waals surface area contributed by atoms with Gasteiger partial charge in [0.05, 0.1) is 17.6 Å². The van der Waals surface area contributed by atoms with Gasteiger partial charge in [-0.15, -0.1) is 0 Å². The lowest BCUT2D eigenvalue weighted by Crippen LogP contribution is -2.31. The van der Waals surface area contributed by atoms with Crippen LogP contribution in [0.25, 0.3) is 5.69 Å². The third-order valence-corrected chi connectivity index (χ3v) is 5.02. The van der Waals surface area contributed by atoms with Crippen LogP contribution >= 0.6 is 0 Å². The smallest absolute Gasteiger partial charge is 0.272 e. The second kappa shape index (κ2) is 9.23. The first-order chi connectivity index (χ1) is 15.1. The molecule has 32 heavy (non-hydrogen) atoms. The van der Waals surface area contributed by atoms with E-state index in [-0.39, 0.29) is 23.0 Å². The predicted octanol–water partition coefficient (Wildman–Crippen LogP) is 3.08. The molecule has 2 aromatic heterocycles. The molecule has 8 nitrogen and oxygen atoms in total. The number of aromatic nitrogens is 3. The standard InChI is InChI=1S/C22H24F2N6O2/c1-11-4-14(17(24)7-23)5-12(2)19(11)30-10-28-20(26)18(22(30)32)21(31)29-16-6-15(13(3)25)8-27-9-16/h4-6,8-10,13,17H,7,25-26H2,1-3H3,(H,29,31)/t13-,17-/m0/s1. The first-order valence-corrected chi connectivity index (χ1v) is 9.84. The molecule has 0 spiro atoms. The maximum Gasteiger partial charge on any atom is 0.272 e. The van der Waals surface area contributed by atoms with E-state index in [4.69, 9.17) is 11.5 Å². The summed E-state index contributed by atoms with van der Waals surface area (Å²) in [5.74, 6) is -1.00. The summed E-state index contributed by atoms with van der Waals surface area (Å²) >= 11 is 0. The van der Waals surface area contributed by atoms with E-state index in [0.29, 0.717) is 28.1 Å². The summed E-state index contributed by atoms with van der Waals surface area (Å²) in [5, 5.41) is 2.59. The molecule has 1 aromatic carbocycles. The van der Waals surface area contributed by atoms with Gasteiger partial charge in [-0.3, -0.25) is 19.1 Å². The van der Waals surface area contributed by atoms with Crippen LogP contribution in [0.4, 0.5) is 20.3 Å². The van der Waals surface area contributed by atoms with Crippen molar-refractivity contribution < 1.29 is 13.6 Å². The first-order valence-electron chi connectivity index (χ1n) is 9.84. The van der Waals surface area contributed by atoms with E-state index in [2.05, 4.69) is 15.3 Å². The van der Waals surface area contributed by atoms with Crippen molar-refractivity contribution in [2.45, 2.75) is 33.0 Å². The van der Waals surface area contributed by atoms with Crippen LogP contribution in [0.15, 0.2) is 41.7 Å². The molecule has 168 valence electrons. The number of carbonyl (C=O) groups is 1. The second-order valence-electron chi connectivity index (χ2n) is 7.55. The van der Waals surface area contributed by atoms with Crippen LogP contribution in [0, 0.1) is 13.8 Å². The largest absolute Gasteiger partial charge is 0.383 e. The van der Waals surface area contributed by atoms with Gasteiger partial charge in [-0.05, 0) is 49.1 Å². The zero-order chi connectivity index (χ0) is 23.6. The lowest BCUT2D eigenvalue weighted by atomic mass is 10.0. The Bertz CT molecular complexity index is 1200. The Kier molecular flexibility index (Phi) is 6.64. The zero-order valence-corrected chi connectivity index (χ0v) is 17.9. The summed E-state index contributed by atoms with van der Waals surface area (Å²) in [6, 6.07) is 4.27. The van der Waals surface area contributed by atoms with E-state index < -0.39 is 24.3 Å². The van der Waals surface area contributed by atoms with Gasteiger partial charge in [0.15, 0.2) is 6.17 Å². The summed E-state index contributed by atoms with van der Waals surface area (Å²) < 4.78 is 27.7. The van der Waals surface area contributed by atoms with Crippen molar-refractivity contribution in [1.29, 1.82) is 0 Å². The molecule has 0 saturated heterocycles. The normalized spacial score (nSPS) is 12.9. The number of anilines is 2. The predicted molar refractivity (Wildman–Crippen MR) is 118 cm³/mol. The SMILES string of the molecule is Cc1cc([C@@H](F)CF)cc(C)c1-n1cnc(N)c(C(=O)Nc2cncc([C@H](C)N)c2)c1=O. The van der Waals surface area contributed by atoms with Gasteiger partial charge in [0.2, 0.25) is 0 Å². The molecule has 0 unspecified atom stereocenters. The van der Waals surface area contributed by atoms with Crippen LogP contribution in [-0.4, -0.2) is 27.1 Å². The summed E-state index contributed by atoms with van der Waals surface area (Å²) in [4.78, 5) is 34.1. The Hall–Kier alpha value is -3.66. The quantitative estimate of drug-likeness (QED) is 0.538. The van der Waals surface area contributed by atoms with Crippen molar-refractivity contribution in [3.05, 3.63) is 75.1 Å². The van der Waals surface area contributed by atoms with E-state index in [1.54, 1.807) is 33.0 Å². The minimum atomic E-state index is -1.76.